The number of carbonyl (C=O) groups is 2. The molecule has 0 spiro atoms. The van der Waals surface area contributed by atoms with Crippen molar-refractivity contribution in [3.63, 3.8) is 0 Å². The zero-order chi connectivity index (χ0) is 23.3. The normalized spacial score (nSPS) is 14.4. The van der Waals surface area contributed by atoms with Gasteiger partial charge in [0.1, 0.15) is 11.9 Å². The van der Waals surface area contributed by atoms with E-state index in [1.54, 1.807) is 24.3 Å². The lowest BCUT2D eigenvalue weighted by molar-refractivity contribution is -0.118. The fraction of sp³-hybridized carbons (Fsp3) is 0.261. The number of nitrogens with one attached hydrogen (secondary N) is 3. The number of methoxy groups -OCH3 is 1. The molecule has 9 heteroatoms. The second-order valence-corrected chi connectivity index (χ2v) is 7.64. The van der Waals surface area contributed by atoms with Gasteiger partial charge in [-0.3, -0.25) is 9.59 Å². The Balaban J connectivity index is 1.90. The van der Waals surface area contributed by atoms with Gasteiger partial charge in [0, 0.05) is 6.08 Å². The van der Waals surface area contributed by atoms with Crippen molar-refractivity contribution in [2.24, 2.45) is 17.4 Å². The molecule has 0 unspecified atom stereocenters. The first kappa shape index (κ1) is 22.8. The van der Waals surface area contributed by atoms with Gasteiger partial charge in [-0.15, -0.1) is 0 Å². The highest BCUT2D eigenvalue weighted by Gasteiger charge is 2.29. The van der Waals surface area contributed by atoms with Crippen LogP contribution in [0.3, 0.4) is 0 Å². The minimum atomic E-state index is -0.851. The second-order valence-electron chi connectivity index (χ2n) is 7.64. The van der Waals surface area contributed by atoms with E-state index in [4.69, 9.17) is 21.6 Å². The van der Waals surface area contributed by atoms with Crippen LogP contribution >= 0.6 is 0 Å². The summed E-state index contributed by atoms with van der Waals surface area (Å²) in [6.07, 6.45) is 3.95. The highest BCUT2D eigenvalue weighted by molar-refractivity contribution is 6.07. The summed E-state index contributed by atoms with van der Waals surface area (Å²) in [6, 6.07) is 10.6. The lowest BCUT2D eigenvalue weighted by Gasteiger charge is -2.19. The van der Waals surface area contributed by atoms with Gasteiger partial charge in [0.05, 0.1) is 29.8 Å². The van der Waals surface area contributed by atoms with E-state index in [0.29, 0.717) is 17.9 Å². The third-order valence-electron chi connectivity index (χ3n) is 5.15. The minimum absolute atomic E-state index is 0.00413. The van der Waals surface area contributed by atoms with Gasteiger partial charge in [0.15, 0.2) is 5.88 Å². The predicted molar refractivity (Wildman–Crippen MR) is 121 cm³/mol. The molecular formula is C23H26FN5O3. The predicted octanol–water partition coefficient (Wildman–Crippen LogP) is 2.96. The topological polar surface area (TPSA) is 143 Å². The first-order chi connectivity index (χ1) is 15.3. The van der Waals surface area contributed by atoms with Crippen molar-refractivity contribution in [2.75, 3.05) is 17.7 Å². The zero-order valence-corrected chi connectivity index (χ0v) is 17.7. The molecule has 8 nitrogen and oxygen atoms in total. The van der Waals surface area contributed by atoms with Gasteiger partial charge >= 0.3 is 0 Å². The van der Waals surface area contributed by atoms with E-state index >= 15 is 0 Å². The van der Waals surface area contributed by atoms with Crippen molar-refractivity contribution in [3.8, 4) is 0 Å². The molecular weight excluding hydrogens is 413 g/mol. The Morgan fingerprint density at radius 2 is 1.91 bits per heavy atom. The standard InChI is InChI=1S/C23H26FN5O3/c1-32-21(11-17(25)14-5-3-2-4-6-14)29-18-12-19(16(24)10-15(18)22(26)30)28-20(23(27)31)9-13-7-8-13/h2-6,10-13,20,25,28-29H,7-9H2,1H3,(H2,26,30)(H2,27,31)/b21-11-,25-17?/t20-/m1/s1. The number of primary amides is 2. The average molecular weight is 439 g/mol. The van der Waals surface area contributed by atoms with E-state index in [9.17, 15) is 14.0 Å². The average Bonchev–Trinajstić information content (AvgIpc) is 3.59. The number of amides is 2. The van der Waals surface area contributed by atoms with Crippen molar-refractivity contribution in [1.82, 2.24) is 0 Å². The molecule has 1 saturated carbocycles. The molecule has 168 valence electrons. The van der Waals surface area contributed by atoms with Crippen molar-refractivity contribution >= 4 is 28.9 Å². The number of halogens is 1. The molecule has 0 aromatic heterocycles. The van der Waals surface area contributed by atoms with Gasteiger partial charge in [0.2, 0.25) is 5.91 Å². The van der Waals surface area contributed by atoms with Crippen LogP contribution in [0.2, 0.25) is 0 Å². The number of rotatable bonds is 11. The zero-order valence-electron chi connectivity index (χ0n) is 17.7. The molecule has 1 aliphatic rings. The fourth-order valence-electron chi connectivity index (χ4n) is 3.22. The molecule has 1 fully saturated rings. The van der Waals surface area contributed by atoms with E-state index in [-0.39, 0.29) is 28.5 Å². The van der Waals surface area contributed by atoms with Crippen LogP contribution in [-0.2, 0) is 9.53 Å². The molecule has 0 saturated heterocycles. The van der Waals surface area contributed by atoms with Gasteiger partial charge in [-0.1, -0.05) is 43.2 Å². The SMILES string of the molecule is CO/C(=C\C(=N)c1ccccc1)Nc1cc(N[C@H](CC2CC2)C(N)=O)c(F)cc1C(N)=O. The molecule has 1 aliphatic carbocycles. The number of carbonyl (C=O) groups excluding carboxylic acids is 2. The van der Waals surface area contributed by atoms with Gasteiger partial charge in [0.25, 0.3) is 5.91 Å². The highest BCUT2D eigenvalue weighted by Crippen LogP contribution is 2.35. The monoisotopic (exact) mass is 439 g/mol. The van der Waals surface area contributed by atoms with E-state index in [0.717, 1.165) is 18.9 Å². The Morgan fingerprint density at radius 3 is 2.47 bits per heavy atom. The summed E-state index contributed by atoms with van der Waals surface area (Å²) in [7, 11) is 1.39. The second kappa shape index (κ2) is 9.95. The molecule has 0 radical (unpaired) electrons. The Kier molecular flexibility index (Phi) is 7.09. The first-order valence-corrected chi connectivity index (χ1v) is 10.1. The van der Waals surface area contributed by atoms with Crippen LogP contribution in [0.5, 0.6) is 0 Å². The summed E-state index contributed by atoms with van der Waals surface area (Å²) < 4.78 is 20.0. The first-order valence-electron chi connectivity index (χ1n) is 10.1. The smallest absolute Gasteiger partial charge is 0.250 e. The Morgan fingerprint density at radius 1 is 1.22 bits per heavy atom. The van der Waals surface area contributed by atoms with Crippen molar-refractivity contribution in [2.45, 2.75) is 25.3 Å². The lowest BCUT2D eigenvalue weighted by atomic mass is 10.1. The number of ether oxygens (including phenoxy) is 1. The van der Waals surface area contributed by atoms with Crippen LogP contribution in [0, 0.1) is 17.1 Å². The number of hydrogen-bond donors (Lipinski definition) is 5. The van der Waals surface area contributed by atoms with Gasteiger partial charge in [-0.05, 0) is 30.0 Å². The lowest BCUT2D eigenvalue weighted by Crippen LogP contribution is -2.36. The van der Waals surface area contributed by atoms with Crippen molar-refractivity contribution in [3.05, 3.63) is 71.4 Å². The summed E-state index contributed by atoms with van der Waals surface area (Å²) >= 11 is 0. The van der Waals surface area contributed by atoms with Crippen molar-refractivity contribution in [1.29, 1.82) is 5.41 Å². The molecule has 3 rings (SSSR count). The minimum Gasteiger partial charge on any atom is -0.482 e. The number of hydrogen-bond acceptors (Lipinski definition) is 6. The van der Waals surface area contributed by atoms with Gasteiger partial charge < -0.3 is 32.2 Å². The van der Waals surface area contributed by atoms with Gasteiger partial charge in [-0.2, -0.15) is 0 Å². The van der Waals surface area contributed by atoms with E-state index in [2.05, 4.69) is 10.6 Å². The fourth-order valence-corrected chi connectivity index (χ4v) is 3.22. The van der Waals surface area contributed by atoms with Crippen LogP contribution in [0.4, 0.5) is 15.8 Å². The maximum atomic E-state index is 14.7. The highest BCUT2D eigenvalue weighted by atomic mass is 19.1. The summed E-state index contributed by atoms with van der Waals surface area (Å²) in [6.45, 7) is 0. The maximum absolute atomic E-state index is 14.7. The van der Waals surface area contributed by atoms with E-state index in [1.807, 2.05) is 6.07 Å². The van der Waals surface area contributed by atoms with E-state index < -0.39 is 23.7 Å². The molecule has 1 atom stereocenters. The summed E-state index contributed by atoms with van der Waals surface area (Å²) in [5.74, 6) is -1.65. The largest absolute Gasteiger partial charge is 0.482 e. The third-order valence-corrected chi connectivity index (χ3v) is 5.15. The Bertz CT molecular complexity index is 1050. The summed E-state index contributed by atoms with van der Waals surface area (Å²) in [5, 5.41) is 14.0. The molecule has 2 amide bonds. The molecule has 0 bridgehead atoms. The molecule has 0 heterocycles. The van der Waals surface area contributed by atoms with E-state index in [1.165, 1.54) is 19.3 Å². The number of anilines is 2. The van der Waals surface area contributed by atoms with Gasteiger partial charge in [-0.25, -0.2) is 4.39 Å². The van der Waals surface area contributed by atoms with Crippen LogP contribution in [0.15, 0.2) is 54.4 Å². The number of allylic oxidation sites excluding steroid dienone is 1. The number of benzene rings is 2. The number of nitrogens with two attached hydrogens (primary N) is 2. The van der Waals surface area contributed by atoms with Crippen LogP contribution in [-0.4, -0.2) is 30.7 Å². The summed E-state index contributed by atoms with van der Waals surface area (Å²) in [4.78, 5) is 23.7. The third kappa shape index (κ3) is 5.84. The van der Waals surface area contributed by atoms with Crippen LogP contribution < -0.4 is 22.1 Å². The maximum Gasteiger partial charge on any atom is 0.250 e. The van der Waals surface area contributed by atoms with Crippen LogP contribution in [0.1, 0.15) is 35.2 Å². The summed E-state index contributed by atoms with van der Waals surface area (Å²) in [5.41, 5.74) is 11.8. The van der Waals surface area contributed by atoms with Crippen molar-refractivity contribution < 1.29 is 18.7 Å². The molecule has 32 heavy (non-hydrogen) atoms. The molecule has 2 aromatic rings. The Hall–Kier alpha value is -3.88. The molecule has 7 N–H and O–H groups in total. The molecule has 0 aliphatic heterocycles. The van der Waals surface area contributed by atoms with Crippen LogP contribution in [0.25, 0.3) is 0 Å². The Labute approximate surface area is 185 Å². The quantitative estimate of drug-likeness (QED) is 0.270. The molecule has 2 aromatic carbocycles.